The molecule has 2 atom stereocenters. The molecule has 1 amide bonds. The van der Waals surface area contributed by atoms with E-state index >= 15 is 0 Å². The SMILES string of the molecule is CCC(C)C1NC(=O)CC1=O. The summed E-state index contributed by atoms with van der Waals surface area (Å²) in [5.41, 5.74) is 0. The van der Waals surface area contributed by atoms with E-state index in [1.807, 2.05) is 13.8 Å². The molecule has 1 saturated heterocycles. The molecule has 0 aromatic rings. The lowest BCUT2D eigenvalue weighted by molar-refractivity contribution is -0.122. The van der Waals surface area contributed by atoms with Crippen molar-refractivity contribution in [1.82, 2.24) is 5.32 Å². The van der Waals surface area contributed by atoms with Crippen molar-refractivity contribution in [2.45, 2.75) is 32.7 Å². The van der Waals surface area contributed by atoms with Gasteiger partial charge in [-0.05, 0) is 5.92 Å². The van der Waals surface area contributed by atoms with Crippen molar-refractivity contribution in [3.63, 3.8) is 0 Å². The molecule has 0 aromatic carbocycles. The number of hydrogen-bond donors (Lipinski definition) is 1. The Labute approximate surface area is 66.2 Å². The molecule has 1 fully saturated rings. The predicted molar refractivity (Wildman–Crippen MR) is 41.0 cm³/mol. The monoisotopic (exact) mass is 155 g/mol. The van der Waals surface area contributed by atoms with Crippen LogP contribution in [0.25, 0.3) is 0 Å². The molecule has 0 spiro atoms. The third-order valence-corrected chi connectivity index (χ3v) is 2.21. The smallest absolute Gasteiger partial charge is 0.228 e. The second kappa shape index (κ2) is 3.03. The van der Waals surface area contributed by atoms with Crippen LogP contribution in [-0.2, 0) is 9.59 Å². The Balaban J connectivity index is 2.59. The molecule has 0 saturated carbocycles. The number of ketones is 1. The largest absolute Gasteiger partial charge is 0.346 e. The van der Waals surface area contributed by atoms with Crippen molar-refractivity contribution < 1.29 is 9.59 Å². The van der Waals surface area contributed by atoms with E-state index in [9.17, 15) is 9.59 Å². The maximum atomic E-state index is 11.1. The summed E-state index contributed by atoms with van der Waals surface area (Å²) >= 11 is 0. The van der Waals surface area contributed by atoms with E-state index in [-0.39, 0.29) is 30.1 Å². The van der Waals surface area contributed by atoms with Gasteiger partial charge in [0.2, 0.25) is 5.91 Å². The van der Waals surface area contributed by atoms with Gasteiger partial charge in [-0.2, -0.15) is 0 Å². The molecule has 0 bridgehead atoms. The number of hydrogen-bond acceptors (Lipinski definition) is 2. The summed E-state index contributed by atoms with van der Waals surface area (Å²) in [4.78, 5) is 21.9. The van der Waals surface area contributed by atoms with Crippen molar-refractivity contribution in [2.75, 3.05) is 0 Å². The van der Waals surface area contributed by atoms with Gasteiger partial charge < -0.3 is 5.32 Å². The molecular formula is C8H13NO2. The van der Waals surface area contributed by atoms with Crippen LogP contribution in [0.3, 0.4) is 0 Å². The fourth-order valence-corrected chi connectivity index (χ4v) is 1.27. The van der Waals surface area contributed by atoms with Crippen LogP contribution in [0.4, 0.5) is 0 Å². The van der Waals surface area contributed by atoms with Gasteiger partial charge in [-0.15, -0.1) is 0 Å². The molecule has 1 N–H and O–H groups in total. The van der Waals surface area contributed by atoms with E-state index < -0.39 is 0 Å². The van der Waals surface area contributed by atoms with E-state index in [0.717, 1.165) is 6.42 Å². The fraction of sp³-hybridized carbons (Fsp3) is 0.750. The minimum atomic E-state index is -0.215. The molecule has 0 aromatic heterocycles. The van der Waals surface area contributed by atoms with Crippen molar-refractivity contribution in [1.29, 1.82) is 0 Å². The zero-order valence-electron chi connectivity index (χ0n) is 6.89. The van der Waals surface area contributed by atoms with Crippen molar-refractivity contribution >= 4 is 11.7 Å². The molecule has 62 valence electrons. The third-order valence-electron chi connectivity index (χ3n) is 2.21. The highest BCUT2D eigenvalue weighted by atomic mass is 16.2. The summed E-state index contributed by atoms with van der Waals surface area (Å²) in [6.07, 6.45) is 1.01. The van der Waals surface area contributed by atoms with Crippen molar-refractivity contribution in [3.8, 4) is 0 Å². The Hall–Kier alpha value is -0.860. The summed E-state index contributed by atoms with van der Waals surface area (Å²) in [6.45, 7) is 4.00. The Bertz CT molecular complexity index is 189. The third kappa shape index (κ3) is 1.59. The van der Waals surface area contributed by atoms with Crippen LogP contribution in [-0.4, -0.2) is 17.7 Å². The lowest BCUT2D eigenvalue weighted by Gasteiger charge is -2.14. The van der Waals surface area contributed by atoms with Gasteiger partial charge in [-0.3, -0.25) is 9.59 Å². The minimum absolute atomic E-state index is 0.0457. The Morgan fingerprint density at radius 3 is 2.64 bits per heavy atom. The lowest BCUT2D eigenvalue weighted by Crippen LogP contribution is -2.35. The summed E-state index contributed by atoms with van der Waals surface area (Å²) in [5, 5.41) is 2.67. The second-order valence-electron chi connectivity index (χ2n) is 3.07. The fourth-order valence-electron chi connectivity index (χ4n) is 1.27. The maximum Gasteiger partial charge on any atom is 0.228 e. The van der Waals surface area contributed by atoms with Gasteiger partial charge in [0.1, 0.15) is 0 Å². The standard InChI is InChI=1S/C8H13NO2/c1-3-5(2)8-6(10)4-7(11)9-8/h5,8H,3-4H2,1-2H3,(H,9,11). The van der Waals surface area contributed by atoms with E-state index in [1.54, 1.807) is 0 Å². The van der Waals surface area contributed by atoms with Gasteiger partial charge in [0, 0.05) is 0 Å². The summed E-state index contributed by atoms with van der Waals surface area (Å²) in [7, 11) is 0. The van der Waals surface area contributed by atoms with E-state index in [1.165, 1.54) is 0 Å². The molecule has 1 rings (SSSR count). The first-order chi connectivity index (χ1) is 5.15. The van der Waals surface area contributed by atoms with E-state index in [2.05, 4.69) is 5.32 Å². The first kappa shape index (κ1) is 8.24. The highest BCUT2D eigenvalue weighted by Crippen LogP contribution is 2.14. The molecule has 0 radical (unpaired) electrons. The molecular weight excluding hydrogens is 142 g/mol. The Morgan fingerprint density at radius 2 is 2.27 bits per heavy atom. The van der Waals surface area contributed by atoms with Gasteiger partial charge in [-0.25, -0.2) is 0 Å². The summed E-state index contributed by atoms with van der Waals surface area (Å²) in [6, 6.07) is -0.215. The lowest BCUT2D eigenvalue weighted by atomic mass is 9.97. The zero-order chi connectivity index (χ0) is 8.43. The number of rotatable bonds is 2. The summed E-state index contributed by atoms with van der Waals surface area (Å²) < 4.78 is 0. The van der Waals surface area contributed by atoms with Gasteiger partial charge in [0.15, 0.2) is 5.78 Å². The first-order valence-corrected chi connectivity index (χ1v) is 3.97. The molecule has 3 nitrogen and oxygen atoms in total. The normalized spacial score (nSPS) is 26.9. The number of amides is 1. The molecule has 0 aliphatic carbocycles. The zero-order valence-corrected chi connectivity index (χ0v) is 6.89. The van der Waals surface area contributed by atoms with Crippen LogP contribution in [0.5, 0.6) is 0 Å². The number of Topliss-reactive ketones (excluding diaryl/α,β-unsaturated/α-hetero) is 1. The van der Waals surface area contributed by atoms with Crippen molar-refractivity contribution in [3.05, 3.63) is 0 Å². The molecule has 1 heterocycles. The molecule has 3 heteroatoms. The van der Waals surface area contributed by atoms with Crippen LogP contribution in [0, 0.1) is 5.92 Å². The Morgan fingerprint density at radius 1 is 1.64 bits per heavy atom. The van der Waals surface area contributed by atoms with Crippen LogP contribution in [0.2, 0.25) is 0 Å². The molecule has 2 unspecified atom stereocenters. The van der Waals surface area contributed by atoms with Gasteiger partial charge in [-0.1, -0.05) is 20.3 Å². The highest BCUT2D eigenvalue weighted by molar-refractivity contribution is 6.07. The van der Waals surface area contributed by atoms with Crippen molar-refractivity contribution in [2.24, 2.45) is 5.92 Å². The van der Waals surface area contributed by atoms with Crippen LogP contribution in [0.15, 0.2) is 0 Å². The quantitative estimate of drug-likeness (QED) is 0.590. The van der Waals surface area contributed by atoms with E-state index in [0.29, 0.717) is 0 Å². The van der Waals surface area contributed by atoms with Gasteiger partial charge >= 0.3 is 0 Å². The summed E-state index contributed by atoms with van der Waals surface area (Å²) in [5.74, 6) is 0.193. The number of nitrogens with one attached hydrogen (secondary N) is 1. The van der Waals surface area contributed by atoms with Gasteiger partial charge in [0.05, 0.1) is 12.5 Å². The van der Waals surface area contributed by atoms with Crippen LogP contribution in [0.1, 0.15) is 26.7 Å². The highest BCUT2D eigenvalue weighted by Gasteiger charge is 2.32. The average Bonchev–Trinajstić information content (AvgIpc) is 2.28. The number of carbonyl (C=O) groups is 2. The Kier molecular flexibility index (Phi) is 2.27. The minimum Gasteiger partial charge on any atom is -0.346 e. The maximum absolute atomic E-state index is 11.1. The van der Waals surface area contributed by atoms with E-state index in [4.69, 9.17) is 0 Å². The molecule has 11 heavy (non-hydrogen) atoms. The average molecular weight is 155 g/mol. The van der Waals surface area contributed by atoms with Crippen LogP contribution >= 0.6 is 0 Å². The van der Waals surface area contributed by atoms with Crippen LogP contribution < -0.4 is 5.32 Å². The second-order valence-corrected chi connectivity index (χ2v) is 3.07. The van der Waals surface area contributed by atoms with Gasteiger partial charge in [0.25, 0.3) is 0 Å². The molecule has 1 aliphatic heterocycles. The first-order valence-electron chi connectivity index (χ1n) is 3.97. The topological polar surface area (TPSA) is 46.2 Å². The number of carbonyl (C=O) groups excluding carboxylic acids is 2. The molecule has 1 aliphatic rings. The predicted octanol–water partition coefficient (Wildman–Crippen LogP) is 0.490.